The van der Waals surface area contributed by atoms with Crippen molar-refractivity contribution in [3.63, 3.8) is 0 Å². The predicted molar refractivity (Wildman–Crippen MR) is 120 cm³/mol. The fraction of sp³-hybridized carbons (Fsp3) is 0.556. The Morgan fingerprint density at radius 3 is 2.81 bits per heavy atom. The molecule has 2 heterocycles. The number of thiophene rings is 1. The molecule has 0 aromatic carbocycles. The molecule has 0 bridgehead atoms. The van der Waals surface area contributed by atoms with E-state index in [2.05, 4.69) is 47.1 Å². The Morgan fingerprint density at radius 2 is 2.15 bits per heavy atom. The highest BCUT2D eigenvalue weighted by atomic mass is 127. The van der Waals surface area contributed by atoms with Crippen molar-refractivity contribution in [2.24, 2.45) is 4.99 Å². The summed E-state index contributed by atoms with van der Waals surface area (Å²) in [7, 11) is 1.71. The van der Waals surface area contributed by atoms with Crippen LogP contribution >= 0.6 is 35.3 Å². The van der Waals surface area contributed by atoms with Gasteiger partial charge in [-0.3, -0.25) is 4.68 Å². The van der Waals surface area contributed by atoms with Gasteiger partial charge in [0.1, 0.15) is 0 Å². The highest BCUT2D eigenvalue weighted by Crippen LogP contribution is 2.14. The number of aliphatic imine (C=N–C) groups is 1. The van der Waals surface area contributed by atoms with E-state index in [1.54, 1.807) is 18.4 Å². The van der Waals surface area contributed by atoms with E-state index >= 15 is 0 Å². The zero-order valence-corrected chi connectivity index (χ0v) is 19.2. The Labute approximate surface area is 177 Å². The van der Waals surface area contributed by atoms with Crippen LogP contribution in [-0.4, -0.2) is 42.5 Å². The minimum Gasteiger partial charge on any atom is -0.383 e. The van der Waals surface area contributed by atoms with Gasteiger partial charge in [-0.25, -0.2) is 4.99 Å². The number of hydrogen-bond acceptors (Lipinski definition) is 4. The molecular formula is C18H30IN5OS. The standard InChI is InChI=1S/C18H29N5OS.HI/c1-5-19-18(20-9-8-16-7-6-12-25-16)21-13-17-14(2)22-23(15(17)3)10-11-24-4;/h6-7,12H,5,8-11,13H2,1-4H3,(H2,19,20,21);1H. The highest BCUT2D eigenvalue weighted by Gasteiger charge is 2.11. The molecule has 0 radical (unpaired) electrons. The van der Waals surface area contributed by atoms with Crippen molar-refractivity contribution in [3.8, 4) is 0 Å². The van der Waals surface area contributed by atoms with Gasteiger partial charge in [0.2, 0.25) is 0 Å². The second kappa shape index (κ2) is 12.3. The summed E-state index contributed by atoms with van der Waals surface area (Å²) in [6, 6.07) is 4.25. The quantitative estimate of drug-likeness (QED) is 0.322. The number of halogens is 1. The first kappa shape index (κ1) is 22.9. The van der Waals surface area contributed by atoms with Crippen molar-refractivity contribution in [3.05, 3.63) is 39.3 Å². The summed E-state index contributed by atoms with van der Waals surface area (Å²) < 4.78 is 7.15. The van der Waals surface area contributed by atoms with Gasteiger partial charge in [-0.05, 0) is 38.6 Å². The lowest BCUT2D eigenvalue weighted by Gasteiger charge is -2.11. The van der Waals surface area contributed by atoms with Gasteiger partial charge in [-0.2, -0.15) is 5.10 Å². The molecule has 0 unspecified atom stereocenters. The molecule has 2 aromatic rings. The van der Waals surface area contributed by atoms with E-state index < -0.39 is 0 Å². The molecule has 0 atom stereocenters. The first-order valence-electron chi connectivity index (χ1n) is 8.72. The van der Waals surface area contributed by atoms with E-state index in [0.29, 0.717) is 13.2 Å². The minimum absolute atomic E-state index is 0. The molecule has 8 heteroatoms. The number of hydrogen-bond donors (Lipinski definition) is 2. The molecule has 0 spiro atoms. The summed E-state index contributed by atoms with van der Waals surface area (Å²) in [5, 5.41) is 13.4. The predicted octanol–water partition coefficient (Wildman–Crippen LogP) is 3.12. The number of rotatable bonds is 9. The summed E-state index contributed by atoms with van der Waals surface area (Å²) >= 11 is 1.79. The summed E-state index contributed by atoms with van der Waals surface area (Å²) in [5.74, 6) is 0.850. The Morgan fingerprint density at radius 1 is 1.35 bits per heavy atom. The summed E-state index contributed by atoms with van der Waals surface area (Å²) in [4.78, 5) is 6.11. The van der Waals surface area contributed by atoms with E-state index in [1.807, 2.05) is 11.6 Å². The number of nitrogens with one attached hydrogen (secondary N) is 2. The first-order chi connectivity index (χ1) is 12.2. The van der Waals surface area contributed by atoms with Crippen molar-refractivity contribution in [2.45, 2.75) is 40.3 Å². The Hall–Kier alpha value is -1.13. The van der Waals surface area contributed by atoms with E-state index in [9.17, 15) is 0 Å². The Bertz CT molecular complexity index is 669. The second-order valence-electron chi connectivity index (χ2n) is 5.82. The van der Waals surface area contributed by atoms with Crippen LogP contribution in [0.3, 0.4) is 0 Å². The molecule has 2 N–H and O–H groups in total. The van der Waals surface area contributed by atoms with Gasteiger partial charge >= 0.3 is 0 Å². The van der Waals surface area contributed by atoms with Crippen molar-refractivity contribution >= 4 is 41.3 Å². The van der Waals surface area contributed by atoms with Crippen LogP contribution < -0.4 is 10.6 Å². The molecule has 2 aromatic heterocycles. The third-order valence-corrected chi connectivity index (χ3v) is 4.96. The van der Waals surface area contributed by atoms with Crippen molar-refractivity contribution < 1.29 is 4.74 Å². The van der Waals surface area contributed by atoms with Crippen molar-refractivity contribution in [1.29, 1.82) is 0 Å². The van der Waals surface area contributed by atoms with Gasteiger partial charge in [-0.1, -0.05) is 6.07 Å². The van der Waals surface area contributed by atoms with Crippen molar-refractivity contribution in [2.75, 3.05) is 26.8 Å². The lowest BCUT2D eigenvalue weighted by molar-refractivity contribution is 0.182. The maximum Gasteiger partial charge on any atom is 0.191 e. The van der Waals surface area contributed by atoms with Gasteiger partial charge in [0.15, 0.2) is 5.96 Å². The van der Waals surface area contributed by atoms with E-state index in [-0.39, 0.29) is 24.0 Å². The molecule has 0 saturated carbocycles. The average molecular weight is 491 g/mol. The molecule has 2 rings (SSSR count). The molecule has 0 aliphatic carbocycles. The van der Waals surface area contributed by atoms with Gasteiger partial charge < -0.3 is 15.4 Å². The van der Waals surface area contributed by atoms with E-state index in [4.69, 9.17) is 9.73 Å². The number of ether oxygens (including phenoxy) is 1. The number of nitrogens with zero attached hydrogens (tertiary/aromatic N) is 3. The van der Waals surface area contributed by atoms with Gasteiger partial charge in [0, 0.05) is 36.3 Å². The third kappa shape index (κ3) is 6.88. The molecule has 146 valence electrons. The molecule has 0 aliphatic rings. The van der Waals surface area contributed by atoms with Crippen LogP contribution in [-0.2, 0) is 24.2 Å². The van der Waals surface area contributed by atoms with Crippen LogP contribution in [0.15, 0.2) is 22.5 Å². The zero-order chi connectivity index (χ0) is 18.1. The third-order valence-electron chi connectivity index (χ3n) is 4.02. The smallest absolute Gasteiger partial charge is 0.191 e. The minimum atomic E-state index is 0. The molecular weight excluding hydrogens is 461 g/mol. The summed E-state index contributed by atoms with van der Waals surface area (Å²) in [5.41, 5.74) is 3.38. The lowest BCUT2D eigenvalue weighted by Crippen LogP contribution is -2.38. The van der Waals surface area contributed by atoms with Crippen molar-refractivity contribution in [1.82, 2.24) is 20.4 Å². The summed E-state index contributed by atoms with van der Waals surface area (Å²) in [6.45, 7) is 9.99. The van der Waals surface area contributed by atoms with Gasteiger partial charge in [0.05, 0.1) is 25.4 Å². The van der Waals surface area contributed by atoms with Crippen LogP contribution in [0.1, 0.15) is 28.8 Å². The SMILES string of the molecule is CCNC(=NCc1c(C)nn(CCOC)c1C)NCCc1cccs1.I. The van der Waals surface area contributed by atoms with E-state index in [0.717, 1.165) is 43.4 Å². The van der Waals surface area contributed by atoms with Gasteiger partial charge in [0.25, 0.3) is 0 Å². The lowest BCUT2D eigenvalue weighted by atomic mass is 10.2. The average Bonchev–Trinajstić information content (AvgIpc) is 3.20. The maximum atomic E-state index is 5.15. The molecule has 0 saturated heterocycles. The first-order valence-corrected chi connectivity index (χ1v) is 9.60. The molecule has 0 aliphatic heterocycles. The van der Waals surface area contributed by atoms with Crippen LogP contribution in [0.5, 0.6) is 0 Å². The molecule has 0 fully saturated rings. The summed E-state index contributed by atoms with van der Waals surface area (Å²) in [6.07, 6.45) is 1.01. The van der Waals surface area contributed by atoms with Gasteiger partial charge in [-0.15, -0.1) is 35.3 Å². The Kier molecular flexibility index (Phi) is 10.8. The van der Waals surface area contributed by atoms with Crippen LogP contribution in [0.2, 0.25) is 0 Å². The topological polar surface area (TPSA) is 63.5 Å². The fourth-order valence-corrected chi connectivity index (χ4v) is 3.33. The molecule has 6 nitrogen and oxygen atoms in total. The molecule has 0 amide bonds. The molecule has 26 heavy (non-hydrogen) atoms. The Balaban J connectivity index is 0.00000338. The normalized spacial score (nSPS) is 11.3. The monoisotopic (exact) mass is 491 g/mol. The largest absolute Gasteiger partial charge is 0.383 e. The van der Waals surface area contributed by atoms with Crippen LogP contribution in [0.4, 0.5) is 0 Å². The number of methoxy groups -OCH3 is 1. The van der Waals surface area contributed by atoms with Crippen LogP contribution in [0, 0.1) is 13.8 Å². The number of aryl methyl sites for hydroxylation is 1. The zero-order valence-electron chi connectivity index (χ0n) is 16.0. The second-order valence-corrected chi connectivity index (χ2v) is 6.85. The van der Waals surface area contributed by atoms with Crippen LogP contribution in [0.25, 0.3) is 0 Å². The maximum absolute atomic E-state index is 5.15. The fourth-order valence-electron chi connectivity index (χ4n) is 2.62. The van der Waals surface area contributed by atoms with E-state index in [1.165, 1.54) is 10.4 Å². The number of aromatic nitrogens is 2. The highest BCUT2D eigenvalue weighted by molar-refractivity contribution is 14.0. The number of guanidine groups is 1.